The highest BCUT2D eigenvalue weighted by Crippen LogP contribution is 2.27. The van der Waals surface area contributed by atoms with Crippen molar-refractivity contribution in [3.8, 4) is 5.75 Å². The summed E-state index contributed by atoms with van der Waals surface area (Å²) in [5.74, 6) is 0.374. The number of carbonyl (C=O) groups is 1. The van der Waals surface area contributed by atoms with E-state index in [-0.39, 0.29) is 18.5 Å². The SMILES string of the molecule is COc1cccc(C(=O)NCc2ccc(S(=O)(=O)N3CCC(NCc4c(C)cc(C)cc4C)CC3)s2)c1. The third-order valence-corrected chi connectivity index (χ3v) is 10.3. The van der Waals surface area contributed by atoms with Crippen LogP contribution >= 0.6 is 11.3 Å². The van der Waals surface area contributed by atoms with Crippen LogP contribution in [0.15, 0.2) is 52.7 Å². The van der Waals surface area contributed by atoms with E-state index in [4.69, 9.17) is 4.74 Å². The van der Waals surface area contributed by atoms with E-state index >= 15 is 0 Å². The Morgan fingerprint density at radius 1 is 1.03 bits per heavy atom. The van der Waals surface area contributed by atoms with Crippen LogP contribution in [-0.4, -0.2) is 44.9 Å². The Morgan fingerprint density at radius 3 is 2.41 bits per heavy atom. The molecule has 4 rings (SSSR count). The van der Waals surface area contributed by atoms with Crippen LogP contribution in [0.5, 0.6) is 5.75 Å². The molecule has 1 aromatic heterocycles. The number of carbonyl (C=O) groups excluding carboxylic acids is 1. The lowest BCUT2D eigenvalue weighted by molar-refractivity contribution is 0.0951. The van der Waals surface area contributed by atoms with E-state index < -0.39 is 10.0 Å². The van der Waals surface area contributed by atoms with Gasteiger partial charge in [0.1, 0.15) is 9.96 Å². The van der Waals surface area contributed by atoms with E-state index in [9.17, 15) is 13.2 Å². The second-order valence-electron chi connectivity index (χ2n) is 9.57. The molecule has 1 aliphatic rings. The van der Waals surface area contributed by atoms with E-state index in [0.29, 0.717) is 28.6 Å². The average Bonchev–Trinajstić information content (AvgIpc) is 3.37. The molecule has 9 heteroatoms. The van der Waals surface area contributed by atoms with E-state index in [1.165, 1.54) is 33.6 Å². The lowest BCUT2D eigenvalue weighted by atomic mass is 9.99. The van der Waals surface area contributed by atoms with Crippen LogP contribution in [0.1, 0.15) is 50.3 Å². The molecule has 1 aliphatic heterocycles. The Kier molecular flexibility index (Phi) is 8.69. The third-order valence-electron chi connectivity index (χ3n) is 6.85. The number of nitrogens with zero attached hydrogens (tertiary/aromatic N) is 1. The number of piperidine rings is 1. The first-order chi connectivity index (χ1) is 17.7. The summed E-state index contributed by atoms with van der Waals surface area (Å²) in [5.41, 5.74) is 5.67. The molecular formula is C28H35N3O4S2. The number of ether oxygens (including phenoxy) is 1. The fourth-order valence-corrected chi connectivity index (χ4v) is 7.71. The van der Waals surface area contributed by atoms with Crippen molar-refractivity contribution >= 4 is 27.3 Å². The number of hydrogen-bond donors (Lipinski definition) is 2. The lowest BCUT2D eigenvalue weighted by Crippen LogP contribution is -2.44. The maximum atomic E-state index is 13.3. The molecule has 0 saturated carbocycles. The van der Waals surface area contributed by atoms with Gasteiger partial charge in [0.05, 0.1) is 13.7 Å². The van der Waals surface area contributed by atoms with Crippen LogP contribution in [0.4, 0.5) is 0 Å². The summed E-state index contributed by atoms with van der Waals surface area (Å²) in [5, 5.41) is 6.49. The zero-order valence-electron chi connectivity index (χ0n) is 21.8. The van der Waals surface area contributed by atoms with Crippen LogP contribution in [0.25, 0.3) is 0 Å². The molecule has 2 heterocycles. The van der Waals surface area contributed by atoms with Crippen LogP contribution < -0.4 is 15.4 Å². The summed E-state index contributed by atoms with van der Waals surface area (Å²) < 4.78 is 33.6. The summed E-state index contributed by atoms with van der Waals surface area (Å²) in [6, 6.07) is 15.0. The van der Waals surface area contributed by atoms with Crippen LogP contribution in [0.2, 0.25) is 0 Å². The Bertz CT molecular complexity index is 1340. The molecule has 0 atom stereocenters. The molecule has 198 valence electrons. The normalized spacial score (nSPS) is 15.0. The minimum absolute atomic E-state index is 0.234. The van der Waals surface area contributed by atoms with Crippen LogP contribution in [0.3, 0.4) is 0 Å². The van der Waals surface area contributed by atoms with Crippen molar-refractivity contribution in [1.29, 1.82) is 0 Å². The van der Waals surface area contributed by atoms with Gasteiger partial charge in [-0.3, -0.25) is 4.79 Å². The number of nitrogens with one attached hydrogen (secondary N) is 2. The molecule has 2 aromatic carbocycles. The molecule has 1 amide bonds. The predicted octanol–water partition coefficient (Wildman–Crippen LogP) is 4.55. The summed E-state index contributed by atoms with van der Waals surface area (Å²) in [6.07, 6.45) is 1.55. The highest BCUT2D eigenvalue weighted by atomic mass is 32.2. The number of amides is 1. The van der Waals surface area contributed by atoms with Gasteiger partial charge < -0.3 is 15.4 Å². The molecule has 3 aromatic rings. The fourth-order valence-electron chi connectivity index (χ4n) is 4.79. The number of methoxy groups -OCH3 is 1. The van der Waals surface area contributed by atoms with E-state index in [2.05, 4.69) is 43.5 Å². The van der Waals surface area contributed by atoms with Crippen LogP contribution in [0, 0.1) is 20.8 Å². The first-order valence-electron chi connectivity index (χ1n) is 12.5. The van der Waals surface area contributed by atoms with Crippen molar-refractivity contribution in [2.45, 2.75) is 57.0 Å². The number of rotatable bonds is 9. The Morgan fingerprint density at radius 2 is 1.73 bits per heavy atom. The van der Waals surface area contributed by atoms with Crippen molar-refractivity contribution < 1.29 is 17.9 Å². The zero-order valence-corrected chi connectivity index (χ0v) is 23.5. The first-order valence-corrected chi connectivity index (χ1v) is 14.7. The quantitative estimate of drug-likeness (QED) is 0.415. The van der Waals surface area contributed by atoms with Gasteiger partial charge in [-0.25, -0.2) is 8.42 Å². The minimum atomic E-state index is -3.55. The summed E-state index contributed by atoms with van der Waals surface area (Å²) in [7, 11) is -2.00. The van der Waals surface area contributed by atoms with Crippen molar-refractivity contribution in [3.05, 3.63) is 81.2 Å². The monoisotopic (exact) mass is 541 g/mol. The molecule has 0 bridgehead atoms. The first kappa shape index (κ1) is 27.3. The predicted molar refractivity (Wildman–Crippen MR) is 148 cm³/mol. The number of benzene rings is 2. The standard InChI is InChI=1S/C28H35N3O4S2/c1-19-14-20(2)26(21(3)15-19)18-29-23-10-12-31(13-11-23)37(33,34)27-9-8-25(36-27)17-30-28(32)22-6-5-7-24(16-22)35-4/h5-9,14-16,23,29H,10-13,17-18H2,1-4H3,(H,30,32). The largest absolute Gasteiger partial charge is 0.497 e. The van der Waals surface area contributed by atoms with Gasteiger partial charge in [0.25, 0.3) is 15.9 Å². The smallest absolute Gasteiger partial charge is 0.252 e. The van der Waals surface area contributed by atoms with Gasteiger partial charge in [-0.05, 0) is 80.6 Å². The highest BCUT2D eigenvalue weighted by Gasteiger charge is 2.30. The molecule has 1 fully saturated rings. The van der Waals surface area contributed by atoms with Gasteiger partial charge in [0.15, 0.2) is 0 Å². The van der Waals surface area contributed by atoms with Gasteiger partial charge in [0.2, 0.25) is 0 Å². The Balaban J connectivity index is 1.29. The minimum Gasteiger partial charge on any atom is -0.497 e. The van der Waals surface area contributed by atoms with Crippen molar-refractivity contribution in [2.75, 3.05) is 20.2 Å². The number of hydrogen-bond acceptors (Lipinski definition) is 6. The summed E-state index contributed by atoms with van der Waals surface area (Å²) in [6.45, 7) is 8.45. The third kappa shape index (κ3) is 6.59. The molecule has 0 radical (unpaired) electrons. The molecular weight excluding hydrogens is 506 g/mol. The topological polar surface area (TPSA) is 87.7 Å². The van der Waals surface area contributed by atoms with Crippen molar-refractivity contribution in [2.24, 2.45) is 0 Å². The van der Waals surface area contributed by atoms with Crippen molar-refractivity contribution in [1.82, 2.24) is 14.9 Å². The fraction of sp³-hybridized carbons (Fsp3) is 0.393. The molecule has 7 nitrogen and oxygen atoms in total. The molecule has 37 heavy (non-hydrogen) atoms. The maximum Gasteiger partial charge on any atom is 0.252 e. The van der Waals surface area contributed by atoms with Gasteiger partial charge in [-0.15, -0.1) is 11.3 Å². The second-order valence-corrected chi connectivity index (χ2v) is 12.9. The summed E-state index contributed by atoms with van der Waals surface area (Å²) in [4.78, 5) is 13.3. The average molecular weight is 542 g/mol. The Hall–Kier alpha value is -2.72. The maximum absolute atomic E-state index is 13.3. The number of aryl methyl sites for hydroxylation is 3. The number of sulfonamides is 1. The van der Waals surface area contributed by atoms with E-state index in [1.54, 1.807) is 47.8 Å². The molecule has 0 spiro atoms. The van der Waals surface area contributed by atoms with Gasteiger partial charge >= 0.3 is 0 Å². The lowest BCUT2D eigenvalue weighted by Gasteiger charge is -2.31. The number of thiophene rings is 1. The molecule has 2 N–H and O–H groups in total. The van der Waals surface area contributed by atoms with Crippen molar-refractivity contribution in [3.63, 3.8) is 0 Å². The van der Waals surface area contributed by atoms with E-state index in [0.717, 1.165) is 24.3 Å². The Labute approximate surface area is 223 Å². The van der Waals surface area contributed by atoms with Gasteiger partial charge in [0, 0.05) is 36.1 Å². The summed E-state index contributed by atoms with van der Waals surface area (Å²) >= 11 is 1.21. The molecule has 1 saturated heterocycles. The van der Waals surface area contributed by atoms with E-state index in [1.807, 2.05) is 0 Å². The van der Waals surface area contributed by atoms with Gasteiger partial charge in [-0.1, -0.05) is 23.8 Å². The molecule has 0 unspecified atom stereocenters. The second kappa shape index (κ2) is 11.8. The highest BCUT2D eigenvalue weighted by molar-refractivity contribution is 7.91. The zero-order chi connectivity index (χ0) is 26.6. The van der Waals surface area contributed by atoms with Crippen LogP contribution in [-0.2, 0) is 23.1 Å². The molecule has 0 aliphatic carbocycles. The van der Waals surface area contributed by atoms with Gasteiger partial charge in [-0.2, -0.15) is 4.31 Å².